The van der Waals surface area contributed by atoms with Crippen molar-refractivity contribution in [2.24, 2.45) is 11.3 Å². The third kappa shape index (κ3) is 12.2. The number of carbonyl (C=O) groups excluding carboxylic acids is 5. The summed E-state index contributed by atoms with van der Waals surface area (Å²) in [5.74, 6) is -2.57. The fourth-order valence-electron chi connectivity index (χ4n) is 5.88. The molecule has 320 valence electrons. The Morgan fingerprint density at radius 1 is 0.966 bits per heavy atom. The third-order valence-electron chi connectivity index (χ3n) is 8.54. The minimum atomic E-state index is -2.66. The minimum Gasteiger partial charge on any atom is -0.463 e. The van der Waals surface area contributed by atoms with Crippen molar-refractivity contribution in [3.05, 3.63) is 60.0 Å². The Morgan fingerprint density at radius 3 is 2.24 bits per heavy atom. The molecule has 0 saturated carbocycles. The molecule has 3 aromatic rings. The van der Waals surface area contributed by atoms with Crippen LogP contribution in [0.3, 0.4) is 0 Å². The summed E-state index contributed by atoms with van der Waals surface area (Å²) in [5.41, 5.74) is -2.75. The van der Waals surface area contributed by atoms with E-state index >= 15 is 0 Å². The van der Waals surface area contributed by atoms with Crippen LogP contribution in [-0.4, -0.2) is 96.4 Å². The number of fused-ring (bicyclic) bond motifs is 1. The summed E-state index contributed by atoms with van der Waals surface area (Å²) in [6.45, 7) is 17.9. The Hall–Kier alpha value is -5.58. The molecule has 0 spiro atoms. The Bertz CT molecular complexity index is 2030. The summed E-state index contributed by atoms with van der Waals surface area (Å²) in [6, 6.07) is 13.0. The monoisotopic (exact) mass is 838 g/mol. The fraction of sp³-hybridized carbons (Fsp3) is 0.550. The predicted molar refractivity (Wildman–Crippen MR) is 213 cm³/mol. The van der Waals surface area contributed by atoms with E-state index in [9.17, 15) is 29.2 Å². The zero-order chi connectivity index (χ0) is 43.9. The number of benzene rings is 1. The van der Waals surface area contributed by atoms with Gasteiger partial charge in [-0.2, -0.15) is 10.4 Å². The quantitative estimate of drug-likeness (QED) is 0.0895. The number of amides is 2. The van der Waals surface area contributed by atoms with Crippen molar-refractivity contribution in [3.8, 4) is 6.07 Å². The molecule has 18 nitrogen and oxygen atoms in total. The number of anilines is 1. The van der Waals surface area contributed by atoms with E-state index in [1.807, 2.05) is 25.7 Å². The lowest BCUT2D eigenvalue weighted by Crippen LogP contribution is -2.53. The van der Waals surface area contributed by atoms with Crippen LogP contribution in [-0.2, 0) is 59.3 Å². The summed E-state index contributed by atoms with van der Waals surface area (Å²) in [7, 11) is -2.66. The summed E-state index contributed by atoms with van der Waals surface area (Å²) in [4.78, 5) is 69.1. The number of ether oxygens (including phenoxy) is 6. The fourth-order valence-corrected chi connectivity index (χ4v) is 6.94. The first kappa shape index (κ1) is 46.1. The van der Waals surface area contributed by atoms with Crippen molar-refractivity contribution in [1.29, 1.82) is 5.26 Å². The van der Waals surface area contributed by atoms with Crippen molar-refractivity contribution in [3.63, 3.8) is 0 Å². The molecule has 1 fully saturated rings. The van der Waals surface area contributed by atoms with Gasteiger partial charge < -0.3 is 38.2 Å². The Labute approximate surface area is 344 Å². The second-order valence-electron chi connectivity index (χ2n) is 17.3. The van der Waals surface area contributed by atoms with Crippen molar-refractivity contribution >= 4 is 49.7 Å². The van der Waals surface area contributed by atoms with Gasteiger partial charge in [-0.25, -0.2) is 23.9 Å². The normalized spacial score (nSPS) is 19.9. The molecular formula is C40H54N6O12Si. The molecule has 2 N–H and O–H groups in total. The van der Waals surface area contributed by atoms with E-state index in [0.717, 1.165) is 6.33 Å². The highest BCUT2D eigenvalue weighted by atomic mass is 28.4. The predicted octanol–water partition coefficient (Wildman–Crippen LogP) is 5.41. The number of alkyl carbamates (subject to hydrolysis) is 1. The van der Waals surface area contributed by atoms with Gasteiger partial charge in [0.1, 0.15) is 48.4 Å². The molecular weight excluding hydrogens is 785 g/mol. The number of carbonyl (C=O) groups is 5. The van der Waals surface area contributed by atoms with Crippen LogP contribution in [0.4, 0.5) is 15.4 Å². The molecule has 0 aliphatic carbocycles. The van der Waals surface area contributed by atoms with Gasteiger partial charge in [-0.3, -0.25) is 14.9 Å². The van der Waals surface area contributed by atoms with Crippen LogP contribution in [0.15, 0.2) is 48.8 Å². The number of esters is 3. The second-order valence-corrected chi connectivity index (χ2v) is 21.7. The summed E-state index contributed by atoms with van der Waals surface area (Å²) >= 11 is 0. The van der Waals surface area contributed by atoms with Gasteiger partial charge >= 0.3 is 30.1 Å². The second kappa shape index (κ2) is 18.6. The van der Waals surface area contributed by atoms with Gasteiger partial charge in [0.05, 0.1) is 17.5 Å². The van der Waals surface area contributed by atoms with Crippen molar-refractivity contribution in [2.75, 3.05) is 18.7 Å². The third-order valence-corrected chi connectivity index (χ3v) is 9.50. The minimum absolute atomic E-state index is 0.0329. The van der Waals surface area contributed by atoms with Crippen molar-refractivity contribution in [2.45, 2.75) is 117 Å². The Kier molecular flexibility index (Phi) is 14.5. The van der Waals surface area contributed by atoms with Crippen LogP contribution >= 0.6 is 0 Å². The number of rotatable bonds is 14. The SMILES string of the molecule is CC(C)[C@H](NC(=O)OC(C)(C)C)C(=O)O[C@H]1C(O[Si](C)(C)C)[C@](C#N)(c2ccc3c(NC(=O)OCOC(=O)C(C)(C)C)ncnn23)O[C@@H]1COC(=O)Cc1ccccc1. The molecule has 3 heterocycles. The molecule has 2 aromatic heterocycles. The smallest absolute Gasteiger partial charge is 0.415 e. The van der Waals surface area contributed by atoms with Gasteiger partial charge in [0.25, 0.3) is 0 Å². The average molecular weight is 839 g/mol. The summed E-state index contributed by atoms with van der Waals surface area (Å²) in [6.07, 6.45) is -4.78. The van der Waals surface area contributed by atoms with E-state index in [-0.39, 0.29) is 23.4 Å². The van der Waals surface area contributed by atoms with Crippen molar-refractivity contribution in [1.82, 2.24) is 19.9 Å². The lowest BCUT2D eigenvalue weighted by molar-refractivity contribution is -0.163. The number of hydrogen-bond donors (Lipinski definition) is 2. The van der Waals surface area contributed by atoms with Crippen LogP contribution in [0.2, 0.25) is 19.6 Å². The largest absolute Gasteiger partial charge is 0.463 e. The highest BCUT2D eigenvalue weighted by molar-refractivity contribution is 6.69. The first-order valence-electron chi connectivity index (χ1n) is 19.0. The van der Waals surface area contributed by atoms with Gasteiger partial charge in [0.2, 0.25) is 12.4 Å². The van der Waals surface area contributed by atoms with Crippen LogP contribution in [0.5, 0.6) is 0 Å². The number of nitriles is 1. The molecule has 1 saturated heterocycles. The van der Waals surface area contributed by atoms with Crippen LogP contribution < -0.4 is 10.6 Å². The zero-order valence-corrected chi connectivity index (χ0v) is 36.3. The van der Waals surface area contributed by atoms with Gasteiger partial charge in [-0.15, -0.1) is 0 Å². The molecule has 4 rings (SSSR count). The van der Waals surface area contributed by atoms with E-state index in [2.05, 4.69) is 26.8 Å². The molecule has 59 heavy (non-hydrogen) atoms. The molecule has 1 aliphatic heterocycles. The molecule has 1 unspecified atom stereocenters. The van der Waals surface area contributed by atoms with E-state index < -0.39 is 98.7 Å². The molecule has 5 atom stereocenters. The first-order chi connectivity index (χ1) is 27.4. The maximum absolute atomic E-state index is 14.1. The van der Waals surface area contributed by atoms with Crippen LogP contribution in [0.1, 0.15) is 66.6 Å². The maximum Gasteiger partial charge on any atom is 0.415 e. The van der Waals surface area contributed by atoms with Crippen LogP contribution in [0.25, 0.3) is 5.52 Å². The first-order valence-corrected chi connectivity index (χ1v) is 22.5. The highest BCUT2D eigenvalue weighted by Gasteiger charge is 2.62. The average Bonchev–Trinajstić information content (AvgIpc) is 3.68. The molecule has 0 radical (unpaired) electrons. The standard InChI is InChI=1S/C40H54N6O12Si/c1-24(2)30(44-37(51)57-39(6,7)8)34(48)55-31-27(20-52-29(47)19-25-15-13-12-14-16-25)56-40(21-41,32(31)58-59(9,10)11)28-18-17-26-33(42-22-43-46(26)28)45-36(50)54-23-53-35(49)38(3,4)5/h12-18,22,24,27,30-32H,19-20,23H2,1-11H3,(H,44,51)(H,42,43,45,50)/t27-,30+,31-,32?,40+/m1/s1. The van der Waals surface area contributed by atoms with Gasteiger partial charge in [-0.05, 0) is 84.8 Å². The van der Waals surface area contributed by atoms with Gasteiger partial charge in [-0.1, -0.05) is 44.2 Å². The maximum atomic E-state index is 14.1. The van der Waals surface area contributed by atoms with E-state index in [1.165, 1.54) is 16.6 Å². The Morgan fingerprint density at radius 2 is 1.64 bits per heavy atom. The number of aromatic nitrogens is 3. The lowest BCUT2D eigenvalue weighted by Gasteiger charge is -2.34. The molecule has 2 amide bonds. The van der Waals surface area contributed by atoms with Crippen LogP contribution in [0, 0.1) is 22.7 Å². The van der Waals surface area contributed by atoms with E-state index in [0.29, 0.717) is 5.56 Å². The molecule has 0 bridgehead atoms. The van der Waals surface area contributed by atoms with Crippen molar-refractivity contribution < 1.29 is 56.8 Å². The number of hydrogen-bond acceptors (Lipinski definition) is 15. The van der Waals surface area contributed by atoms with Gasteiger partial charge in [0.15, 0.2) is 20.2 Å². The molecule has 1 aromatic carbocycles. The summed E-state index contributed by atoms with van der Waals surface area (Å²) in [5, 5.41) is 20.6. The van der Waals surface area contributed by atoms with E-state index in [1.54, 1.807) is 79.7 Å². The molecule has 1 aliphatic rings. The van der Waals surface area contributed by atoms with E-state index in [4.69, 9.17) is 32.8 Å². The lowest BCUT2D eigenvalue weighted by atomic mass is 9.92. The number of nitrogens with one attached hydrogen (secondary N) is 2. The van der Waals surface area contributed by atoms with Gasteiger partial charge in [0, 0.05) is 0 Å². The number of nitrogens with zero attached hydrogens (tertiary/aromatic N) is 4. The summed E-state index contributed by atoms with van der Waals surface area (Å²) < 4.78 is 41.9. The zero-order valence-electron chi connectivity index (χ0n) is 35.3. The topological polar surface area (TPSA) is 228 Å². The highest BCUT2D eigenvalue weighted by Crippen LogP contribution is 2.45. The molecule has 19 heteroatoms. The Balaban J connectivity index is 1.73.